The van der Waals surface area contributed by atoms with Crippen LogP contribution in [0, 0.1) is 11.8 Å². The van der Waals surface area contributed by atoms with E-state index in [0.717, 1.165) is 10.5 Å². The molecular weight excluding hydrogens is 692 g/mol. The lowest BCUT2D eigenvalue weighted by Gasteiger charge is -2.31. The zero-order valence-electron chi connectivity index (χ0n) is 30.7. The third-order valence-corrected chi connectivity index (χ3v) is 8.33. The third kappa shape index (κ3) is 19.3. The van der Waals surface area contributed by atoms with Gasteiger partial charge in [0.2, 0.25) is 17.7 Å². The first-order valence-electron chi connectivity index (χ1n) is 17.9. The van der Waals surface area contributed by atoms with Gasteiger partial charge in [0.25, 0.3) is 0 Å². The van der Waals surface area contributed by atoms with E-state index in [1.807, 2.05) is 30.3 Å². The van der Waals surface area contributed by atoms with Gasteiger partial charge in [-0.2, -0.15) is 0 Å². The first-order valence-corrected chi connectivity index (χ1v) is 17.9. The lowest BCUT2D eigenvalue weighted by atomic mass is 9.93. The molecule has 0 aliphatic rings. The molecule has 4 amide bonds. The molecule has 0 aromatic heterocycles. The van der Waals surface area contributed by atoms with E-state index >= 15 is 0 Å². The minimum absolute atomic E-state index is 0.0171. The topological polar surface area (TPSA) is 295 Å². The Hall–Kier alpha value is -4.45. The smallest absolute Gasteiger partial charge is 0.410 e. The van der Waals surface area contributed by atoms with E-state index in [1.165, 1.54) is 0 Å². The van der Waals surface area contributed by atoms with Gasteiger partial charge < -0.3 is 47.9 Å². The molecule has 5 atom stereocenters. The molecule has 0 spiro atoms. The van der Waals surface area contributed by atoms with Crippen molar-refractivity contribution in [2.75, 3.05) is 32.9 Å². The SMILES string of the molecule is CC(C)COC(=O)N(CC(N)CO)C(CC(N)=O)C(=O)CCC(CCC(=O)NCCCCCC(=O)C(Cc1ccccc1)NC(=O)C(N)CO)C(=O)O. The Labute approximate surface area is 310 Å². The van der Waals surface area contributed by atoms with Crippen LogP contribution in [0.3, 0.4) is 0 Å². The number of nitrogens with two attached hydrogens (primary N) is 3. The molecule has 298 valence electrons. The summed E-state index contributed by atoms with van der Waals surface area (Å²) in [5, 5.41) is 33.7. The number of hydrogen-bond donors (Lipinski definition) is 8. The molecule has 5 unspecified atom stereocenters. The summed E-state index contributed by atoms with van der Waals surface area (Å²) in [5.74, 6) is -5.09. The molecule has 0 aliphatic heterocycles. The highest BCUT2D eigenvalue weighted by Crippen LogP contribution is 2.19. The number of nitrogens with zero attached hydrogens (tertiary/aromatic N) is 1. The van der Waals surface area contributed by atoms with E-state index in [-0.39, 0.29) is 69.9 Å². The van der Waals surface area contributed by atoms with Gasteiger partial charge >= 0.3 is 12.1 Å². The minimum atomic E-state index is -1.39. The molecule has 17 heteroatoms. The molecule has 1 aromatic carbocycles. The number of hydrogen-bond acceptors (Lipinski definition) is 12. The van der Waals surface area contributed by atoms with Crippen molar-refractivity contribution in [1.29, 1.82) is 0 Å². The summed E-state index contributed by atoms with van der Waals surface area (Å²) >= 11 is 0. The maximum atomic E-state index is 13.3. The molecule has 0 radical (unpaired) electrons. The van der Waals surface area contributed by atoms with Gasteiger partial charge in [-0.3, -0.25) is 33.7 Å². The van der Waals surface area contributed by atoms with Crippen LogP contribution in [0.2, 0.25) is 0 Å². The van der Waals surface area contributed by atoms with Crippen molar-refractivity contribution in [2.24, 2.45) is 29.0 Å². The molecule has 0 saturated carbocycles. The Bertz CT molecular complexity index is 1330. The molecule has 53 heavy (non-hydrogen) atoms. The number of carboxylic acids is 1. The van der Waals surface area contributed by atoms with Crippen molar-refractivity contribution < 1.29 is 53.6 Å². The zero-order chi connectivity index (χ0) is 39.9. The molecule has 0 bridgehead atoms. The second-order valence-electron chi connectivity index (χ2n) is 13.5. The summed E-state index contributed by atoms with van der Waals surface area (Å²) in [4.78, 5) is 88.6. The van der Waals surface area contributed by atoms with Crippen molar-refractivity contribution in [1.82, 2.24) is 15.5 Å². The van der Waals surface area contributed by atoms with Crippen LogP contribution in [0.5, 0.6) is 0 Å². The fraction of sp³-hybridized carbons (Fsp3) is 0.639. The molecule has 17 nitrogen and oxygen atoms in total. The second-order valence-corrected chi connectivity index (χ2v) is 13.5. The first kappa shape index (κ1) is 46.6. The number of ether oxygens (including phenoxy) is 1. The maximum Gasteiger partial charge on any atom is 0.410 e. The summed E-state index contributed by atoms with van der Waals surface area (Å²) in [6.07, 6.45) is -0.166. The van der Waals surface area contributed by atoms with Crippen molar-refractivity contribution in [2.45, 2.75) is 102 Å². The predicted molar refractivity (Wildman–Crippen MR) is 194 cm³/mol. The summed E-state index contributed by atoms with van der Waals surface area (Å²) in [5.41, 5.74) is 17.6. The first-order chi connectivity index (χ1) is 25.1. The Morgan fingerprint density at radius 3 is 2.11 bits per heavy atom. The van der Waals surface area contributed by atoms with Gasteiger partial charge in [0.05, 0.1) is 38.2 Å². The Balaban J connectivity index is 2.64. The van der Waals surface area contributed by atoms with E-state index in [0.29, 0.717) is 19.3 Å². The Kier molecular flexibility index (Phi) is 22.4. The number of aliphatic carboxylic acids is 1. The Morgan fingerprint density at radius 2 is 1.53 bits per heavy atom. The van der Waals surface area contributed by atoms with E-state index in [4.69, 9.17) is 21.9 Å². The summed E-state index contributed by atoms with van der Waals surface area (Å²) in [7, 11) is 0. The number of carbonyl (C=O) groups excluding carboxylic acids is 6. The lowest BCUT2D eigenvalue weighted by Crippen LogP contribution is -2.52. The number of carbonyl (C=O) groups is 7. The van der Waals surface area contributed by atoms with Crippen molar-refractivity contribution >= 4 is 41.4 Å². The molecule has 0 heterocycles. The number of ketones is 2. The fourth-order valence-electron chi connectivity index (χ4n) is 5.28. The molecule has 0 aliphatic carbocycles. The molecule has 1 aromatic rings. The number of unbranched alkanes of at least 4 members (excludes halogenated alkanes) is 2. The third-order valence-electron chi connectivity index (χ3n) is 8.33. The molecule has 0 fully saturated rings. The van der Waals surface area contributed by atoms with Crippen LogP contribution < -0.4 is 27.8 Å². The van der Waals surface area contributed by atoms with Gasteiger partial charge in [-0.1, -0.05) is 50.6 Å². The quantitative estimate of drug-likeness (QED) is 0.0514. The average Bonchev–Trinajstić information content (AvgIpc) is 3.12. The second kappa shape index (κ2) is 25.5. The number of primary amides is 1. The summed E-state index contributed by atoms with van der Waals surface area (Å²) in [6.45, 7) is 2.51. The maximum absolute atomic E-state index is 13.3. The standard InChI is InChI=1S/C36H58N6O11/c1-23(2)22-53-36(52)42(19-26(37)20-43)29(18-32(39)47)31(46)14-12-25(35(50)51)13-15-33(48)40-16-8-4-7-11-30(45)28(41-34(49)27(38)21-44)17-24-9-5-3-6-10-24/h3,5-6,9-10,23,25-29,43-44H,4,7-8,11-22,37-38H2,1-2H3,(H2,39,47)(H,40,48)(H,41,49)(H,50,51). The highest BCUT2D eigenvalue weighted by atomic mass is 16.6. The monoisotopic (exact) mass is 750 g/mol. The van der Waals surface area contributed by atoms with Crippen LogP contribution in [0.1, 0.15) is 77.2 Å². The highest BCUT2D eigenvalue weighted by molar-refractivity contribution is 5.92. The number of benzene rings is 1. The molecule has 0 saturated heterocycles. The zero-order valence-corrected chi connectivity index (χ0v) is 30.7. The van der Waals surface area contributed by atoms with Crippen LogP contribution >= 0.6 is 0 Å². The van der Waals surface area contributed by atoms with Gasteiger partial charge in [0.1, 0.15) is 12.1 Å². The average molecular weight is 751 g/mol. The van der Waals surface area contributed by atoms with Crippen molar-refractivity contribution in [3.63, 3.8) is 0 Å². The van der Waals surface area contributed by atoms with Crippen LogP contribution in [-0.2, 0) is 39.9 Å². The Morgan fingerprint density at radius 1 is 0.868 bits per heavy atom. The summed E-state index contributed by atoms with van der Waals surface area (Å²) in [6, 6.07) is 4.84. The normalized spacial score (nSPS) is 13.9. The number of aliphatic hydroxyl groups excluding tert-OH is 2. The van der Waals surface area contributed by atoms with Gasteiger partial charge in [-0.25, -0.2) is 4.79 Å². The van der Waals surface area contributed by atoms with Gasteiger partial charge in [-0.05, 0) is 43.6 Å². The van der Waals surface area contributed by atoms with E-state index in [2.05, 4.69) is 10.6 Å². The number of Topliss-reactive ketones (excluding diaryl/α,β-unsaturated/α-hetero) is 2. The van der Waals surface area contributed by atoms with Crippen molar-refractivity contribution in [3.05, 3.63) is 35.9 Å². The van der Waals surface area contributed by atoms with Crippen molar-refractivity contribution in [3.8, 4) is 0 Å². The van der Waals surface area contributed by atoms with Crippen LogP contribution in [0.4, 0.5) is 4.79 Å². The van der Waals surface area contributed by atoms with Crippen LogP contribution in [0.15, 0.2) is 30.3 Å². The molecular formula is C36H58N6O11. The highest BCUT2D eigenvalue weighted by Gasteiger charge is 2.34. The summed E-state index contributed by atoms with van der Waals surface area (Å²) < 4.78 is 5.24. The van der Waals surface area contributed by atoms with Gasteiger partial charge in [-0.15, -0.1) is 0 Å². The van der Waals surface area contributed by atoms with Gasteiger partial charge in [0.15, 0.2) is 11.6 Å². The number of rotatable bonds is 28. The van der Waals surface area contributed by atoms with E-state index in [1.54, 1.807) is 13.8 Å². The van der Waals surface area contributed by atoms with Crippen LogP contribution in [-0.4, -0.2) is 119 Å². The number of nitrogens with one attached hydrogen (secondary N) is 2. The number of aliphatic hydroxyl groups is 2. The van der Waals surface area contributed by atoms with E-state index < -0.39 is 85.3 Å². The number of carboxylic acid groups (broad SMARTS) is 1. The lowest BCUT2D eigenvalue weighted by molar-refractivity contribution is -0.142. The van der Waals surface area contributed by atoms with Crippen LogP contribution in [0.25, 0.3) is 0 Å². The van der Waals surface area contributed by atoms with Gasteiger partial charge in [0, 0.05) is 38.4 Å². The number of amides is 4. The largest absolute Gasteiger partial charge is 0.481 e. The predicted octanol–water partition coefficient (Wildman–Crippen LogP) is -0.232. The minimum Gasteiger partial charge on any atom is -0.481 e. The molecule has 11 N–H and O–H groups in total. The van der Waals surface area contributed by atoms with E-state index in [9.17, 15) is 48.9 Å². The fourth-order valence-corrected chi connectivity index (χ4v) is 5.28. The molecule has 1 rings (SSSR count).